The minimum atomic E-state index is -0.504. The van der Waals surface area contributed by atoms with Gasteiger partial charge in [-0.3, -0.25) is 9.59 Å². The number of aromatic nitrogens is 2. The van der Waals surface area contributed by atoms with Crippen molar-refractivity contribution in [3.63, 3.8) is 0 Å². The summed E-state index contributed by atoms with van der Waals surface area (Å²) in [5.41, 5.74) is 0. The van der Waals surface area contributed by atoms with Gasteiger partial charge in [0.15, 0.2) is 6.10 Å². The summed E-state index contributed by atoms with van der Waals surface area (Å²) < 4.78 is 7.61. The van der Waals surface area contributed by atoms with Crippen LogP contribution in [0.1, 0.15) is 31.5 Å². The molecule has 132 valence electrons. The highest BCUT2D eigenvalue weighted by Gasteiger charge is 2.32. The van der Waals surface area contributed by atoms with Crippen LogP contribution in [0.15, 0.2) is 12.4 Å². The van der Waals surface area contributed by atoms with E-state index in [9.17, 15) is 9.59 Å². The number of carbonyl (C=O) groups excluding carboxylic acids is 2. The van der Waals surface area contributed by atoms with Crippen LogP contribution in [0.3, 0.4) is 0 Å². The molecule has 2 amide bonds. The number of morpholine rings is 1. The fraction of sp³-hybridized carbons (Fsp3) is 0.706. The number of aryl methyl sites for hydroxylation is 2. The number of hydrogen-bond donors (Lipinski definition) is 0. The number of hydrogen-bond acceptors (Lipinski definition) is 4. The first-order valence-electron chi connectivity index (χ1n) is 8.81. The maximum Gasteiger partial charge on any atom is 0.253 e. The topological polar surface area (TPSA) is 67.7 Å². The van der Waals surface area contributed by atoms with Gasteiger partial charge >= 0.3 is 0 Å². The number of amides is 2. The van der Waals surface area contributed by atoms with Crippen LogP contribution in [0, 0.1) is 6.92 Å². The van der Waals surface area contributed by atoms with Crippen LogP contribution in [0.25, 0.3) is 0 Å². The molecule has 2 fully saturated rings. The van der Waals surface area contributed by atoms with Crippen molar-refractivity contribution in [3.05, 3.63) is 18.2 Å². The number of likely N-dealkylation sites (tertiary alicyclic amines) is 1. The maximum absolute atomic E-state index is 12.6. The second kappa shape index (κ2) is 7.79. The number of rotatable bonds is 4. The molecule has 3 rings (SSSR count). The van der Waals surface area contributed by atoms with Crippen molar-refractivity contribution in [2.75, 3.05) is 32.8 Å². The SMILES string of the molecule is Cc1nccn1CCC(=O)N1CCO[C@@H](C(=O)N2CCCCC2)C1. The monoisotopic (exact) mass is 334 g/mol. The second-order valence-electron chi connectivity index (χ2n) is 6.50. The van der Waals surface area contributed by atoms with E-state index >= 15 is 0 Å². The van der Waals surface area contributed by atoms with Crippen LogP contribution in [0.2, 0.25) is 0 Å². The average Bonchev–Trinajstić information content (AvgIpc) is 3.05. The van der Waals surface area contributed by atoms with E-state index in [4.69, 9.17) is 4.74 Å². The predicted octanol–water partition coefficient (Wildman–Crippen LogP) is 0.822. The van der Waals surface area contributed by atoms with E-state index in [2.05, 4.69) is 4.98 Å². The molecule has 24 heavy (non-hydrogen) atoms. The molecule has 1 aromatic heterocycles. The molecule has 0 bridgehead atoms. The smallest absolute Gasteiger partial charge is 0.253 e. The van der Waals surface area contributed by atoms with E-state index in [1.807, 2.05) is 22.6 Å². The zero-order valence-electron chi connectivity index (χ0n) is 14.3. The van der Waals surface area contributed by atoms with Gasteiger partial charge in [0.25, 0.3) is 5.91 Å². The molecule has 0 aromatic carbocycles. The highest BCUT2D eigenvalue weighted by molar-refractivity contribution is 5.83. The van der Waals surface area contributed by atoms with E-state index in [0.717, 1.165) is 31.8 Å². The molecule has 0 saturated carbocycles. The normalized spacial score (nSPS) is 21.8. The first kappa shape index (κ1) is 17.0. The number of nitrogens with zero attached hydrogens (tertiary/aromatic N) is 4. The van der Waals surface area contributed by atoms with Gasteiger partial charge in [-0.05, 0) is 26.2 Å². The molecule has 3 heterocycles. The van der Waals surface area contributed by atoms with Gasteiger partial charge in [-0.15, -0.1) is 0 Å². The van der Waals surface area contributed by atoms with Crippen LogP contribution in [0.5, 0.6) is 0 Å². The van der Waals surface area contributed by atoms with Crippen LogP contribution in [-0.4, -0.2) is 70.1 Å². The molecule has 1 aromatic rings. The fourth-order valence-corrected chi connectivity index (χ4v) is 3.36. The van der Waals surface area contributed by atoms with Crippen LogP contribution in [-0.2, 0) is 20.9 Å². The lowest BCUT2D eigenvalue weighted by atomic mass is 10.1. The van der Waals surface area contributed by atoms with E-state index < -0.39 is 6.10 Å². The minimum Gasteiger partial charge on any atom is -0.365 e. The quantitative estimate of drug-likeness (QED) is 0.818. The predicted molar refractivity (Wildman–Crippen MR) is 88.3 cm³/mol. The maximum atomic E-state index is 12.6. The van der Waals surface area contributed by atoms with Gasteiger partial charge in [0.05, 0.1) is 13.2 Å². The van der Waals surface area contributed by atoms with E-state index in [1.54, 1.807) is 11.1 Å². The Bertz CT molecular complexity index is 580. The van der Waals surface area contributed by atoms with Gasteiger partial charge in [-0.2, -0.15) is 0 Å². The van der Waals surface area contributed by atoms with E-state index in [-0.39, 0.29) is 11.8 Å². The molecule has 2 aliphatic rings. The van der Waals surface area contributed by atoms with Crippen LogP contribution in [0.4, 0.5) is 0 Å². The summed E-state index contributed by atoms with van der Waals surface area (Å²) >= 11 is 0. The zero-order valence-corrected chi connectivity index (χ0v) is 14.3. The van der Waals surface area contributed by atoms with Gasteiger partial charge < -0.3 is 19.1 Å². The Morgan fingerprint density at radius 1 is 1.21 bits per heavy atom. The molecule has 0 spiro atoms. The Morgan fingerprint density at radius 3 is 2.71 bits per heavy atom. The van der Waals surface area contributed by atoms with Crippen molar-refractivity contribution < 1.29 is 14.3 Å². The van der Waals surface area contributed by atoms with Gasteiger partial charge in [-0.1, -0.05) is 0 Å². The minimum absolute atomic E-state index is 0.0395. The van der Waals surface area contributed by atoms with Crippen molar-refractivity contribution in [1.29, 1.82) is 0 Å². The average molecular weight is 334 g/mol. The van der Waals surface area contributed by atoms with Gasteiger partial charge in [0.2, 0.25) is 5.91 Å². The first-order valence-corrected chi connectivity index (χ1v) is 8.81. The van der Waals surface area contributed by atoms with Gasteiger partial charge in [0.1, 0.15) is 5.82 Å². The van der Waals surface area contributed by atoms with Crippen LogP contribution < -0.4 is 0 Å². The molecule has 2 aliphatic heterocycles. The summed E-state index contributed by atoms with van der Waals surface area (Å²) in [5, 5.41) is 0. The molecular formula is C17H26N4O3. The lowest BCUT2D eigenvalue weighted by Crippen LogP contribution is -2.53. The lowest BCUT2D eigenvalue weighted by Gasteiger charge is -2.36. The standard InChI is InChI=1S/C17H26N4O3/c1-14-18-6-10-19(14)9-5-16(22)21-11-12-24-15(13-21)17(23)20-7-3-2-4-8-20/h6,10,15H,2-5,7-9,11-13H2,1H3/t15-/m1/s1. The third kappa shape index (κ3) is 3.95. The largest absolute Gasteiger partial charge is 0.365 e. The summed E-state index contributed by atoms with van der Waals surface area (Å²) in [6.07, 6.45) is 6.84. The Kier molecular flexibility index (Phi) is 5.50. The summed E-state index contributed by atoms with van der Waals surface area (Å²) in [5.74, 6) is 1.02. The Morgan fingerprint density at radius 2 is 2.00 bits per heavy atom. The third-order valence-corrected chi connectivity index (χ3v) is 4.85. The molecule has 2 saturated heterocycles. The molecule has 0 radical (unpaired) electrons. The lowest BCUT2D eigenvalue weighted by molar-refractivity contribution is -0.155. The molecule has 0 unspecified atom stereocenters. The number of ether oxygens (including phenoxy) is 1. The Hall–Kier alpha value is -1.89. The van der Waals surface area contributed by atoms with Crippen molar-refractivity contribution in [2.24, 2.45) is 0 Å². The summed E-state index contributed by atoms with van der Waals surface area (Å²) in [6.45, 7) is 5.53. The van der Waals surface area contributed by atoms with Crippen molar-refractivity contribution in [3.8, 4) is 0 Å². The Labute approximate surface area is 142 Å². The summed E-state index contributed by atoms with van der Waals surface area (Å²) in [6, 6.07) is 0. The van der Waals surface area contributed by atoms with Crippen LogP contribution >= 0.6 is 0 Å². The molecular weight excluding hydrogens is 308 g/mol. The molecule has 7 heteroatoms. The molecule has 0 N–H and O–H groups in total. The summed E-state index contributed by atoms with van der Waals surface area (Å²) in [4.78, 5) is 32.8. The fourth-order valence-electron chi connectivity index (χ4n) is 3.36. The van der Waals surface area contributed by atoms with Gasteiger partial charge in [-0.25, -0.2) is 4.98 Å². The zero-order chi connectivity index (χ0) is 16.9. The molecule has 1 atom stereocenters. The highest BCUT2D eigenvalue weighted by Crippen LogP contribution is 2.15. The third-order valence-electron chi connectivity index (χ3n) is 4.85. The van der Waals surface area contributed by atoms with Crippen molar-refractivity contribution in [1.82, 2.24) is 19.4 Å². The van der Waals surface area contributed by atoms with E-state index in [0.29, 0.717) is 32.7 Å². The summed E-state index contributed by atoms with van der Waals surface area (Å²) in [7, 11) is 0. The van der Waals surface area contributed by atoms with Crippen molar-refractivity contribution >= 4 is 11.8 Å². The second-order valence-corrected chi connectivity index (χ2v) is 6.50. The molecule has 0 aliphatic carbocycles. The number of carbonyl (C=O) groups is 2. The molecule has 7 nitrogen and oxygen atoms in total. The highest BCUT2D eigenvalue weighted by atomic mass is 16.5. The van der Waals surface area contributed by atoms with E-state index in [1.165, 1.54) is 6.42 Å². The first-order chi connectivity index (χ1) is 11.6. The number of imidazole rings is 1. The van der Waals surface area contributed by atoms with Crippen molar-refractivity contribution in [2.45, 2.75) is 45.3 Å². The van der Waals surface area contributed by atoms with Gasteiger partial charge in [0, 0.05) is 45.0 Å². The Balaban J connectivity index is 1.51. The number of piperidine rings is 1.